The fraction of sp³-hybridized carbons (Fsp3) is 0.333. The Kier molecular flexibility index (Phi) is 8.13. The van der Waals surface area contributed by atoms with Crippen molar-refractivity contribution in [3.8, 4) is 0 Å². The molecule has 0 aromatic heterocycles. The minimum Gasteiger partial charge on any atom is -0.462 e. The van der Waals surface area contributed by atoms with Gasteiger partial charge in [-0.25, -0.2) is 4.79 Å². The molecule has 0 spiro atoms. The van der Waals surface area contributed by atoms with E-state index in [0.29, 0.717) is 29.8 Å². The summed E-state index contributed by atoms with van der Waals surface area (Å²) in [5.74, 6) is -2.87. The maximum atomic E-state index is 12.4. The van der Waals surface area contributed by atoms with E-state index in [9.17, 15) is 29.3 Å². The van der Waals surface area contributed by atoms with E-state index < -0.39 is 35.3 Å². The van der Waals surface area contributed by atoms with Crippen LogP contribution in [0.2, 0.25) is 0 Å². The van der Waals surface area contributed by atoms with Gasteiger partial charge < -0.3 is 19.7 Å². The first kappa shape index (κ1) is 25.3. The van der Waals surface area contributed by atoms with Crippen LogP contribution in [-0.4, -0.2) is 48.4 Å². The van der Waals surface area contributed by atoms with Gasteiger partial charge in [0, 0.05) is 36.0 Å². The molecule has 2 aromatic rings. The van der Waals surface area contributed by atoms with E-state index in [-0.39, 0.29) is 30.2 Å². The summed E-state index contributed by atoms with van der Waals surface area (Å²) in [6, 6.07) is 10.5. The fourth-order valence-corrected chi connectivity index (χ4v) is 3.51. The van der Waals surface area contributed by atoms with Gasteiger partial charge in [-0.2, -0.15) is 0 Å². The lowest BCUT2D eigenvalue weighted by atomic mass is 10.1. The maximum Gasteiger partial charge on any atom is 0.338 e. The third kappa shape index (κ3) is 6.40. The van der Waals surface area contributed by atoms with Gasteiger partial charge in [0.25, 0.3) is 11.6 Å². The highest BCUT2D eigenvalue weighted by atomic mass is 16.6. The topological polar surface area (TPSA) is 145 Å². The molecule has 0 radical (unpaired) electrons. The number of nitrogens with one attached hydrogen (secondary N) is 1. The van der Waals surface area contributed by atoms with Crippen LogP contribution in [0.5, 0.6) is 0 Å². The summed E-state index contributed by atoms with van der Waals surface area (Å²) < 4.78 is 10.1. The lowest BCUT2D eigenvalue weighted by molar-refractivity contribution is -0.385. The van der Waals surface area contributed by atoms with E-state index in [1.54, 1.807) is 31.2 Å². The van der Waals surface area contributed by atoms with Crippen LogP contribution < -0.4 is 10.2 Å². The zero-order valence-electron chi connectivity index (χ0n) is 19.3. The molecule has 11 nitrogen and oxygen atoms in total. The van der Waals surface area contributed by atoms with E-state index in [2.05, 4.69) is 5.32 Å². The summed E-state index contributed by atoms with van der Waals surface area (Å²) in [6.07, 6.45) is 0.630. The second-order valence-corrected chi connectivity index (χ2v) is 8.00. The van der Waals surface area contributed by atoms with Crippen LogP contribution >= 0.6 is 0 Å². The van der Waals surface area contributed by atoms with Crippen molar-refractivity contribution in [2.45, 2.75) is 26.7 Å². The molecular formula is C24H25N3O8. The number of hydrogen-bond donors (Lipinski definition) is 1. The van der Waals surface area contributed by atoms with Crippen molar-refractivity contribution in [1.29, 1.82) is 0 Å². The number of carbonyl (C=O) groups is 4. The molecule has 0 unspecified atom stereocenters. The van der Waals surface area contributed by atoms with Gasteiger partial charge in [0.05, 0.1) is 23.0 Å². The molecule has 1 atom stereocenters. The molecule has 2 amide bonds. The first-order chi connectivity index (χ1) is 16.7. The van der Waals surface area contributed by atoms with Crippen LogP contribution in [0.3, 0.4) is 0 Å². The van der Waals surface area contributed by atoms with Gasteiger partial charge in [0.1, 0.15) is 0 Å². The van der Waals surface area contributed by atoms with Gasteiger partial charge in [0.2, 0.25) is 5.91 Å². The predicted octanol–water partition coefficient (Wildman–Crippen LogP) is 3.00. The van der Waals surface area contributed by atoms with E-state index >= 15 is 0 Å². The molecular weight excluding hydrogens is 458 g/mol. The molecule has 1 saturated heterocycles. The van der Waals surface area contributed by atoms with Gasteiger partial charge in [-0.15, -0.1) is 0 Å². The largest absolute Gasteiger partial charge is 0.462 e. The van der Waals surface area contributed by atoms with Crippen molar-refractivity contribution in [2.24, 2.45) is 5.92 Å². The average molecular weight is 483 g/mol. The number of nitro groups is 1. The van der Waals surface area contributed by atoms with E-state index in [1.165, 1.54) is 23.1 Å². The standard InChI is InChI=1S/C24H25N3O8/c1-3-10-34-23(30)16-5-8-19(9-6-16)26-13-17(11-22(26)29)24(31)35-14-21(28)25-18-7-4-15(2)20(12-18)27(32)33/h4-9,12,17H,3,10-11,13-14H2,1-2H3,(H,25,28)/t17-/m1/s1. The Hall–Kier alpha value is -4.28. The van der Waals surface area contributed by atoms with Crippen LogP contribution in [0.1, 0.15) is 35.7 Å². The van der Waals surface area contributed by atoms with Gasteiger partial charge in [-0.3, -0.25) is 24.5 Å². The summed E-state index contributed by atoms with van der Waals surface area (Å²) in [5.41, 5.74) is 1.38. The first-order valence-electron chi connectivity index (χ1n) is 11.0. The number of carbonyl (C=O) groups excluding carboxylic acids is 4. The monoisotopic (exact) mass is 483 g/mol. The Balaban J connectivity index is 1.52. The second kappa shape index (κ2) is 11.2. The lowest BCUT2D eigenvalue weighted by Crippen LogP contribution is -2.28. The highest BCUT2D eigenvalue weighted by Crippen LogP contribution is 2.26. The average Bonchev–Trinajstić information content (AvgIpc) is 3.23. The number of hydrogen-bond acceptors (Lipinski definition) is 8. The molecule has 3 rings (SSSR count). The second-order valence-electron chi connectivity index (χ2n) is 8.00. The zero-order chi connectivity index (χ0) is 25.5. The van der Waals surface area contributed by atoms with Crippen LogP contribution in [-0.2, 0) is 23.9 Å². The SMILES string of the molecule is CCCOC(=O)c1ccc(N2C[C@H](C(=O)OCC(=O)Nc3ccc(C)c([N+](=O)[O-])c3)CC2=O)cc1. The Labute approximate surface area is 201 Å². The summed E-state index contributed by atoms with van der Waals surface area (Å²) in [4.78, 5) is 60.8. The van der Waals surface area contributed by atoms with Gasteiger partial charge >= 0.3 is 11.9 Å². The molecule has 1 fully saturated rings. The van der Waals surface area contributed by atoms with Crippen LogP contribution in [0, 0.1) is 23.0 Å². The number of ether oxygens (including phenoxy) is 2. The number of benzene rings is 2. The number of aryl methyl sites for hydroxylation is 1. The molecule has 1 aliphatic rings. The molecule has 1 N–H and O–H groups in total. The quantitative estimate of drug-likeness (QED) is 0.325. The van der Waals surface area contributed by atoms with Crippen molar-refractivity contribution in [3.63, 3.8) is 0 Å². The third-order valence-electron chi connectivity index (χ3n) is 5.35. The maximum absolute atomic E-state index is 12.4. The smallest absolute Gasteiger partial charge is 0.338 e. The molecule has 0 aliphatic carbocycles. The Morgan fingerprint density at radius 3 is 2.51 bits per heavy atom. The van der Waals surface area contributed by atoms with Gasteiger partial charge in [0.15, 0.2) is 6.61 Å². The van der Waals surface area contributed by atoms with Crippen molar-refractivity contribution >= 4 is 40.8 Å². The van der Waals surface area contributed by atoms with Crippen molar-refractivity contribution < 1.29 is 33.6 Å². The molecule has 1 aliphatic heterocycles. The molecule has 35 heavy (non-hydrogen) atoms. The predicted molar refractivity (Wildman–Crippen MR) is 125 cm³/mol. The number of nitro benzene ring substituents is 1. The van der Waals surface area contributed by atoms with Crippen LogP contribution in [0.4, 0.5) is 17.1 Å². The van der Waals surface area contributed by atoms with E-state index in [0.717, 1.165) is 0 Å². The van der Waals surface area contributed by atoms with Gasteiger partial charge in [-0.1, -0.05) is 13.0 Å². The Morgan fingerprint density at radius 1 is 1.14 bits per heavy atom. The first-order valence-corrected chi connectivity index (χ1v) is 11.0. The highest BCUT2D eigenvalue weighted by Gasteiger charge is 2.36. The highest BCUT2D eigenvalue weighted by molar-refractivity contribution is 6.00. The molecule has 11 heteroatoms. The molecule has 2 aromatic carbocycles. The molecule has 0 saturated carbocycles. The summed E-state index contributed by atoms with van der Waals surface area (Å²) in [5, 5.41) is 13.5. The fourth-order valence-electron chi connectivity index (χ4n) is 3.51. The molecule has 0 bridgehead atoms. The van der Waals surface area contributed by atoms with Crippen molar-refractivity contribution in [2.75, 3.05) is 30.0 Å². The van der Waals surface area contributed by atoms with E-state index in [4.69, 9.17) is 9.47 Å². The minimum atomic E-state index is -0.759. The summed E-state index contributed by atoms with van der Waals surface area (Å²) >= 11 is 0. The van der Waals surface area contributed by atoms with E-state index in [1.807, 2.05) is 6.92 Å². The van der Waals surface area contributed by atoms with Gasteiger partial charge in [-0.05, 0) is 43.7 Å². The van der Waals surface area contributed by atoms with Crippen LogP contribution in [0.15, 0.2) is 42.5 Å². The number of rotatable bonds is 9. The summed E-state index contributed by atoms with van der Waals surface area (Å²) in [7, 11) is 0. The van der Waals surface area contributed by atoms with Crippen LogP contribution in [0.25, 0.3) is 0 Å². The normalized spacial score (nSPS) is 15.0. The molecule has 1 heterocycles. The lowest BCUT2D eigenvalue weighted by Gasteiger charge is -2.17. The Morgan fingerprint density at radius 2 is 1.86 bits per heavy atom. The zero-order valence-corrected chi connectivity index (χ0v) is 19.3. The third-order valence-corrected chi connectivity index (χ3v) is 5.35. The van der Waals surface area contributed by atoms with Crippen molar-refractivity contribution in [3.05, 3.63) is 63.7 Å². The number of esters is 2. The Bertz CT molecular complexity index is 1150. The number of nitrogens with zero attached hydrogens (tertiary/aromatic N) is 2. The summed E-state index contributed by atoms with van der Waals surface area (Å²) in [6.45, 7) is 3.26. The number of anilines is 2. The van der Waals surface area contributed by atoms with Crippen molar-refractivity contribution in [1.82, 2.24) is 0 Å². The number of amides is 2. The minimum absolute atomic E-state index is 0.0725. The molecule has 184 valence electrons.